The molecule has 2 nitrogen and oxygen atoms in total. The molecule has 0 heterocycles. The minimum Gasteiger partial charge on any atom is -0.497 e. The molecule has 2 heteroatoms. The van der Waals surface area contributed by atoms with Gasteiger partial charge in [0.15, 0.2) is 0 Å². The Bertz CT molecular complexity index is 306. The maximum Gasteiger partial charge on any atom is 0.118 e. The third-order valence-electron chi connectivity index (χ3n) is 1.65. The Morgan fingerprint density at radius 1 is 0.524 bits per heavy atom. The lowest BCUT2D eigenvalue weighted by Gasteiger charge is -1.93. The molecule has 0 fully saturated rings. The van der Waals surface area contributed by atoms with Crippen LogP contribution in [0.5, 0.6) is 5.75 Å². The fraction of sp³-hybridized carbons (Fsp3) is 0.368. The van der Waals surface area contributed by atoms with Crippen LogP contribution < -0.4 is 4.74 Å². The molecule has 0 aliphatic carbocycles. The zero-order valence-electron chi connectivity index (χ0n) is 14.7. The third-order valence-corrected chi connectivity index (χ3v) is 1.65. The molecule has 0 saturated heterocycles. The Hall–Kier alpha value is -1.80. The van der Waals surface area contributed by atoms with E-state index < -0.39 is 0 Å². The minimum absolute atomic E-state index is 0.910. The van der Waals surface area contributed by atoms with Gasteiger partial charge in [-0.15, -0.1) is 0 Å². The molecular formula is C19H32O2. The van der Waals surface area contributed by atoms with E-state index in [1.807, 2.05) is 94.4 Å². The summed E-state index contributed by atoms with van der Waals surface area (Å²) in [7, 11) is 4.91. The van der Waals surface area contributed by atoms with Gasteiger partial charge in [0.2, 0.25) is 0 Å². The summed E-state index contributed by atoms with van der Waals surface area (Å²) >= 11 is 0. The van der Waals surface area contributed by atoms with Crippen molar-refractivity contribution < 1.29 is 9.47 Å². The standard InChI is InChI=1S/C7H8O.C6H6.C2H6O.2C2H6/c1-8-7-5-3-2-4-6-7;1-2-4-6-5-3-1;1-3-2;2*1-2/h2-6H,1H3;1-6H;1-2H3;2*1-2H3. The Kier molecular flexibility index (Phi) is 30.8. The number of ether oxygens (including phenoxy) is 2. The van der Waals surface area contributed by atoms with Crippen LogP contribution in [0.3, 0.4) is 0 Å². The molecule has 2 aromatic carbocycles. The highest BCUT2D eigenvalue weighted by molar-refractivity contribution is 5.20. The Labute approximate surface area is 131 Å². The predicted molar refractivity (Wildman–Crippen MR) is 95.1 cm³/mol. The SMILES string of the molecule is CC.CC.COC.COc1ccccc1.c1ccccc1. The quantitative estimate of drug-likeness (QED) is 0.671. The number of methoxy groups -OCH3 is 2. The number of benzene rings is 2. The van der Waals surface area contributed by atoms with E-state index in [-0.39, 0.29) is 0 Å². The summed E-state index contributed by atoms with van der Waals surface area (Å²) in [6.45, 7) is 8.00. The summed E-state index contributed by atoms with van der Waals surface area (Å²) in [5, 5.41) is 0. The highest BCUT2D eigenvalue weighted by atomic mass is 16.5. The van der Waals surface area contributed by atoms with Crippen LogP contribution in [-0.2, 0) is 4.74 Å². The zero-order valence-corrected chi connectivity index (χ0v) is 14.7. The van der Waals surface area contributed by atoms with Gasteiger partial charge in [-0.25, -0.2) is 0 Å². The molecule has 0 radical (unpaired) electrons. The second-order valence-electron chi connectivity index (χ2n) is 3.08. The van der Waals surface area contributed by atoms with Crippen LogP contribution in [0, 0.1) is 0 Å². The molecule has 0 saturated carbocycles. The predicted octanol–water partition coefficient (Wildman–Crippen LogP) is 5.70. The van der Waals surface area contributed by atoms with E-state index in [4.69, 9.17) is 4.74 Å². The normalized spacial score (nSPS) is 7.00. The van der Waals surface area contributed by atoms with E-state index in [0.29, 0.717) is 0 Å². The molecule has 0 aliphatic heterocycles. The smallest absolute Gasteiger partial charge is 0.118 e. The lowest BCUT2D eigenvalue weighted by Crippen LogP contribution is -1.78. The molecule has 2 aromatic rings. The molecule has 0 aliphatic rings. The monoisotopic (exact) mass is 292 g/mol. The van der Waals surface area contributed by atoms with Gasteiger partial charge < -0.3 is 9.47 Å². The molecule has 0 N–H and O–H groups in total. The maximum atomic E-state index is 4.91. The van der Waals surface area contributed by atoms with Crippen molar-refractivity contribution in [2.45, 2.75) is 27.7 Å². The summed E-state index contributed by atoms with van der Waals surface area (Å²) in [5.41, 5.74) is 0. The first-order chi connectivity index (χ1) is 10.3. The largest absolute Gasteiger partial charge is 0.497 e. The maximum absolute atomic E-state index is 4.91. The number of rotatable bonds is 1. The molecule has 2 rings (SSSR count). The van der Waals surface area contributed by atoms with Crippen molar-refractivity contribution in [3.05, 3.63) is 66.7 Å². The lowest BCUT2D eigenvalue weighted by atomic mass is 10.3. The van der Waals surface area contributed by atoms with Crippen LogP contribution in [0.15, 0.2) is 66.7 Å². The van der Waals surface area contributed by atoms with Gasteiger partial charge in [-0.1, -0.05) is 82.3 Å². The van der Waals surface area contributed by atoms with Crippen LogP contribution in [-0.4, -0.2) is 21.3 Å². The van der Waals surface area contributed by atoms with E-state index >= 15 is 0 Å². The first kappa shape index (κ1) is 24.2. The van der Waals surface area contributed by atoms with Crippen molar-refractivity contribution in [3.8, 4) is 5.75 Å². The van der Waals surface area contributed by atoms with Gasteiger partial charge in [0.05, 0.1) is 7.11 Å². The average Bonchev–Trinajstić information content (AvgIpc) is 2.62. The van der Waals surface area contributed by atoms with E-state index in [9.17, 15) is 0 Å². The molecule has 0 amide bonds. The number of para-hydroxylation sites is 1. The van der Waals surface area contributed by atoms with Crippen molar-refractivity contribution in [1.29, 1.82) is 0 Å². The number of hydrogen-bond donors (Lipinski definition) is 0. The van der Waals surface area contributed by atoms with Crippen LogP contribution in [0.25, 0.3) is 0 Å². The first-order valence-electron chi connectivity index (χ1n) is 7.34. The average molecular weight is 292 g/mol. The van der Waals surface area contributed by atoms with E-state index in [1.165, 1.54) is 0 Å². The Morgan fingerprint density at radius 3 is 0.952 bits per heavy atom. The fourth-order valence-electron chi connectivity index (χ4n) is 0.941. The van der Waals surface area contributed by atoms with Crippen molar-refractivity contribution in [3.63, 3.8) is 0 Å². The molecule has 0 atom stereocenters. The van der Waals surface area contributed by atoms with Gasteiger partial charge in [-0.05, 0) is 12.1 Å². The minimum atomic E-state index is 0.910. The van der Waals surface area contributed by atoms with Crippen LogP contribution >= 0.6 is 0 Å². The topological polar surface area (TPSA) is 18.5 Å². The van der Waals surface area contributed by atoms with Crippen LogP contribution in [0.1, 0.15) is 27.7 Å². The summed E-state index contributed by atoms with van der Waals surface area (Å²) in [4.78, 5) is 0. The lowest BCUT2D eigenvalue weighted by molar-refractivity contribution is 0.277. The van der Waals surface area contributed by atoms with Crippen LogP contribution in [0.2, 0.25) is 0 Å². The summed E-state index contributed by atoms with van der Waals surface area (Å²) in [6.07, 6.45) is 0. The zero-order chi connectivity index (χ0) is 16.8. The van der Waals surface area contributed by atoms with Gasteiger partial charge >= 0.3 is 0 Å². The summed E-state index contributed by atoms with van der Waals surface area (Å²) in [5.74, 6) is 0.910. The molecule has 0 bridgehead atoms. The van der Waals surface area contributed by atoms with Crippen LogP contribution in [0.4, 0.5) is 0 Å². The number of hydrogen-bond acceptors (Lipinski definition) is 2. The molecule has 120 valence electrons. The molecule has 0 spiro atoms. The van der Waals surface area contributed by atoms with E-state index in [2.05, 4.69) is 4.74 Å². The molecule has 21 heavy (non-hydrogen) atoms. The van der Waals surface area contributed by atoms with Gasteiger partial charge in [0.25, 0.3) is 0 Å². The fourth-order valence-corrected chi connectivity index (χ4v) is 0.941. The summed E-state index contributed by atoms with van der Waals surface area (Å²) in [6, 6.07) is 21.7. The third kappa shape index (κ3) is 23.7. The Balaban J connectivity index is -0.000000222. The molecule has 0 unspecified atom stereocenters. The second-order valence-corrected chi connectivity index (χ2v) is 3.08. The van der Waals surface area contributed by atoms with E-state index in [1.54, 1.807) is 21.3 Å². The highest BCUT2D eigenvalue weighted by Gasteiger charge is 1.80. The van der Waals surface area contributed by atoms with Gasteiger partial charge in [0.1, 0.15) is 5.75 Å². The molecule has 0 aromatic heterocycles. The Morgan fingerprint density at radius 2 is 0.762 bits per heavy atom. The summed E-state index contributed by atoms with van der Waals surface area (Å²) < 4.78 is 9.16. The van der Waals surface area contributed by atoms with Gasteiger partial charge in [0, 0.05) is 14.2 Å². The van der Waals surface area contributed by atoms with Gasteiger partial charge in [-0.2, -0.15) is 0 Å². The van der Waals surface area contributed by atoms with Crippen molar-refractivity contribution in [2.75, 3.05) is 21.3 Å². The van der Waals surface area contributed by atoms with Crippen molar-refractivity contribution in [2.24, 2.45) is 0 Å². The van der Waals surface area contributed by atoms with Gasteiger partial charge in [-0.3, -0.25) is 0 Å². The van der Waals surface area contributed by atoms with Crippen molar-refractivity contribution in [1.82, 2.24) is 0 Å². The highest BCUT2D eigenvalue weighted by Crippen LogP contribution is 2.05. The second kappa shape index (κ2) is 26.7. The first-order valence-corrected chi connectivity index (χ1v) is 7.34. The van der Waals surface area contributed by atoms with E-state index in [0.717, 1.165) is 5.75 Å². The van der Waals surface area contributed by atoms with Crippen molar-refractivity contribution >= 4 is 0 Å². The molecular weight excluding hydrogens is 260 g/mol.